The summed E-state index contributed by atoms with van der Waals surface area (Å²) < 4.78 is 5.89. The molecule has 0 amide bonds. The number of aryl methyl sites for hydroxylation is 3. The van der Waals surface area contributed by atoms with Crippen molar-refractivity contribution in [1.29, 1.82) is 0 Å². The van der Waals surface area contributed by atoms with E-state index in [9.17, 15) is 4.79 Å². The Hall–Kier alpha value is -1.06. The summed E-state index contributed by atoms with van der Waals surface area (Å²) in [6.07, 6.45) is 1.18. The van der Waals surface area contributed by atoms with Gasteiger partial charge in [0.1, 0.15) is 5.75 Å². The van der Waals surface area contributed by atoms with Crippen LogP contribution in [0.3, 0.4) is 0 Å². The van der Waals surface area contributed by atoms with Gasteiger partial charge in [-0.2, -0.15) is 0 Å². The Morgan fingerprint density at radius 2 is 1.61 bits per heavy atom. The molecule has 0 heterocycles. The van der Waals surface area contributed by atoms with Gasteiger partial charge in [0.2, 0.25) is 0 Å². The number of carbonyl (C=O) groups is 1. The van der Waals surface area contributed by atoms with Crippen molar-refractivity contribution in [3.05, 3.63) is 58.1 Å². The third-order valence-corrected chi connectivity index (χ3v) is 6.29. The van der Waals surface area contributed by atoms with Crippen LogP contribution in [0.15, 0.2) is 30.3 Å². The van der Waals surface area contributed by atoms with Crippen molar-refractivity contribution in [3.8, 4) is 5.75 Å². The molecule has 0 aliphatic heterocycles. The number of carbonyl (C=O) groups excluding carboxylic acids is 1. The van der Waals surface area contributed by atoms with E-state index < -0.39 is 0 Å². The molecular weight excluding hydrogens is 358 g/mol. The zero-order valence-electron chi connectivity index (χ0n) is 18.0. The summed E-state index contributed by atoms with van der Waals surface area (Å²) in [5.41, 5.74) is 5.72. The van der Waals surface area contributed by atoms with Crippen molar-refractivity contribution >= 4 is 38.3 Å². The molecule has 2 atom stereocenters. The predicted molar refractivity (Wildman–Crippen MR) is 126 cm³/mol. The van der Waals surface area contributed by atoms with Gasteiger partial charge in [0, 0.05) is 5.56 Å². The molecular formula is C24H34LiO2P. The summed E-state index contributed by atoms with van der Waals surface area (Å²) in [6, 6.07) is 10.4. The summed E-state index contributed by atoms with van der Waals surface area (Å²) in [5.74, 6) is 0.879. The van der Waals surface area contributed by atoms with Gasteiger partial charge in [-0.3, -0.25) is 4.79 Å². The first-order valence-electron chi connectivity index (χ1n) is 9.73. The van der Waals surface area contributed by atoms with Crippen molar-refractivity contribution in [2.24, 2.45) is 0 Å². The SMILES string of the molecule is CCC(C)Oc1ccc(PC(=O)c2c(C)cc(C(C)(C)C)cc2C)c(C)c1.[LiH]. The van der Waals surface area contributed by atoms with Crippen LogP contribution in [0.1, 0.15) is 73.7 Å². The minimum absolute atomic E-state index is 0. The molecule has 4 heteroatoms. The third-order valence-electron chi connectivity index (χ3n) is 4.98. The molecule has 2 unspecified atom stereocenters. The van der Waals surface area contributed by atoms with Gasteiger partial charge in [-0.15, -0.1) is 0 Å². The molecule has 2 aromatic rings. The maximum absolute atomic E-state index is 13.1. The van der Waals surface area contributed by atoms with Crippen molar-refractivity contribution in [2.45, 2.75) is 73.3 Å². The average molecular weight is 392 g/mol. The molecule has 0 aromatic heterocycles. The van der Waals surface area contributed by atoms with Crippen LogP contribution in [-0.2, 0) is 5.41 Å². The zero-order chi connectivity index (χ0) is 20.4. The fraction of sp³-hybridized carbons (Fsp3) is 0.458. The molecule has 0 fully saturated rings. The van der Waals surface area contributed by atoms with Crippen molar-refractivity contribution in [1.82, 2.24) is 0 Å². The van der Waals surface area contributed by atoms with Crippen LogP contribution in [0.4, 0.5) is 0 Å². The molecule has 0 spiro atoms. The van der Waals surface area contributed by atoms with Gasteiger partial charge >= 0.3 is 18.9 Å². The molecule has 0 bridgehead atoms. The number of hydrogen-bond donors (Lipinski definition) is 0. The first kappa shape index (κ1) is 25.0. The van der Waals surface area contributed by atoms with Crippen LogP contribution in [0, 0.1) is 20.8 Å². The van der Waals surface area contributed by atoms with Gasteiger partial charge < -0.3 is 4.74 Å². The monoisotopic (exact) mass is 392 g/mol. The summed E-state index contributed by atoms with van der Waals surface area (Å²) in [7, 11) is 0.129. The average Bonchev–Trinajstić information content (AvgIpc) is 2.55. The molecule has 0 saturated heterocycles. The van der Waals surface area contributed by atoms with E-state index in [2.05, 4.69) is 67.5 Å². The molecule has 148 valence electrons. The summed E-state index contributed by atoms with van der Waals surface area (Å²) in [4.78, 5) is 13.1. The molecule has 2 rings (SSSR count). The van der Waals surface area contributed by atoms with E-state index in [1.165, 1.54) is 5.56 Å². The predicted octanol–water partition coefficient (Wildman–Crippen LogP) is 5.58. The Morgan fingerprint density at radius 3 is 2.07 bits per heavy atom. The van der Waals surface area contributed by atoms with Gasteiger partial charge in [-0.05, 0) is 87.8 Å². The number of rotatable bonds is 6. The Balaban J connectivity index is 0.00000392. The molecule has 0 saturated carbocycles. The van der Waals surface area contributed by atoms with E-state index in [1.54, 1.807) is 0 Å². The van der Waals surface area contributed by atoms with Gasteiger partial charge in [-0.25, -0.2) is 0 Å². The van der Waals surface area contributed by atoms with Crippen molar-refractivity contribution in [3.63, 3.8) is 0 Å². The van der Waals surface area contributed by atoms with E-state index in [0.717, 1.165) is 39.7 Å². The Bertz CT molecular complexity index is 814. The van der Waals surface area contributed by atoms with Crippen LogP contribution >= 0.6 is 8.58 Å². The van der Waals surface area contributed by atoms with Gasteiger partial charge in [0.25, 0.3) is 0 Å². The third kappa shape index (κ3) is 6.22. The molecule has 28 heavy (non-hydrogen) atoms. The molecule has 0 radical (unpaired) electrons. The fourth-order valence-corrected chi connectivity index (χ4v) is 4.30. The quantitative estimate of drug-likeness (QED) is 0.474. The van der Waals surface area contributed by atoms with Crippen molar-refractivity contribution < 1.29 is 9.53 Å². The molecule has 0 aliphatic carbocycles. The Labute approximate surface area is 184 Å². The van der Waals surface area contributed by atoms with Crippen molar-refractivity contribution in [2.75, 3.05) is 0 Å². The number of hydrogen-bond acceptors (Lipinski definition) is 2. The summed E-state index contributed by atoms with van der Waals surface area (Å²) in [6.45, 7) is 17.0. The van der Waals surface area contributed by atoms with Crippen LogP contribution in [0.25, 0.3) is 0 Å². The summed E-state index contributed by atoms with van der Waals surface area (Å²) in [5, 5.41) is 1.09. The maximum atomic E-state index is 13.1. The first-order valence-corrected chi connectivity index (χ1v) is 10.7. The van der Waals surface area contributed by atoms with E-state index in [4.69, 9.17) is 4.74 Å². The normalized spacial score (nSPS) is 12.7. The van der Waals surface area contributed by atoms with Crippen LogP contribution in [0.2, 0.25) is 0 Å². The topological polar surface area (TPSA) is 26.3 Å². The molecule has 2 aromatic carbocycles. The standard InChI is InChI=1S/C24H33O2P.Li.H/c1-9-18(5)26-20-10-11-21(15(2)14-20)27-23(25)22-16(3)12-19(13-17(22)4)24(6,7)8;;/h10-14,18,27H,9H2,1-8H3;;. The molecule has 0 N–H and O–H groups in total. The van der Waals surface area contributed by atoms with Gasteiger partial charge in [-0.1, -0.05) is 45.9 Å². The molecule has 2 nitrogen and oxygen atoms in total. The second kappa shape index (κ2) is 10.1. The van der Waals surface area contributed by atoms with Gasteiger partial charge in [0.05, 0.1) is 6.10 Å². The number of benzene rings is 2. The fourth-order valence-electron chi connectivity index (χ4n) is 3.10. The van der Waals surface area contributed by atoms with Crippen LogP contribution in [0.5, 0.6) is 5.75 Å². The Morgan fingerprint density at radius 1 is 1.04 bits per heavy atom. The van der Waals surface area contributed by atoms with Crippen LogP contribution in [-0.4, -0.2) is 30.5 Å². The van der Waals surface area contributed by atoms with Gasteiger partial charge in [0.15, 0.2) is 5.52 Å². The van der Waals surface area contributed by atoms with E-state index in [-0.39, 0.29) is 44.5 Å². The van der Waals surface area contributed by atoms with E-state index >= 15 is 0 Å². The van der Waals surface area contributed by atoms with E-state index in [1.807, 2.05) is 18.2 Å². The first-order chi connectivity index (χ1) is 12.5. The number of ether oxygens (including phenoxy) is 1. The zero-order valence-corrected chi connectivity index (χ0v) is 19.0. The van der Waals surface area contributed by atoms with Crippen LogP contribution < -0.4 is 10.0 Å². The Kier molecular flexibility index (Phi) is 9.02. The van der Waals surface area contributed by atoms with E-state index in [0.29, 0.717) is 0 Å². The minimum atomic E-state index is 0. The molecule has 0 aliphatic rings. The second-order valence-electron chi connectivity index (χ2n) is 8.50. The second-order valence-corrected chi connectivity index (χ2v) is 9.75. The summed E-state index contributed by atoms with van der Waals surface area (Å²) >= 11 is 0.